The van der Waals surface area contributed by atoms with Crippen molar-refractivity contribution in [2.24, 2.45) is 10.9 Å². The molecule has 0 radical (unpaired) electrons. The molecule has 0 bridgehead atoms. The molecule has 0 aliphatic heterocycles. The SMILES string of the molecule is CCNC(=NCc1cccc(NC(=O)C2CCC2)c1)NCc1ccccc1OCC.I. The van der Waals surface area contributed by atoms with Gasteiger partial charge in [-0.1, -0.05) is 36.8 Å². The van der Waals surface area contributed by atoms with Crippen molar-refractivity contribution in [1.29, 1.82) is 0 Å². The third-order valence-corrected chi connectivity index (χ3v) is 5.15. The highest BCUT2D eigenvalue weighted by molar-refractivity contribution is 14.0. The molecule has 1 fully saturated rings. The number of guanidine groups is 1. The van der Waals surface area contributed by atoms with Gasteiger partial charge in [0.1, 0.15) is 5.75 Å². The molecule has 3 N–H and O–H groups in total. The van der Waals surface area contributed by atoms with Gasteiger partial charge in [0.15, 0.2) is 5.96 Å². The summed E-state index contributed by atoms with van der Waals surface area (Å²) >= 11 is 0. The number of hydrogen-bond donors (Lipinski definition) is 3. The molecule has 31 heavy (non-hydrogen) atoms. The van der Waals surface area contributed by atoms with E-state index in [4.69, 9.17) is 9.73 Å². The average Bonchev–Trinajstić information content (AvgIpc) is 2.70. The van der Waals surface area contributed by atoms with Gasteiger partial charge in [-0.05, 0) is 50.5 Å². The molecule has 0 aromatic heterocycles. The highest BCUT2D eigenvalue weighted by Gasteiger charge is 2.25. The van der Waals surface area contributed by atoms with Crippen molar-refractivity contribution in [2.45, 2.75) is 46.2 Å². The van der Waals surface area contributed by atoms with E-state index in [-0.39, 0.29) is 35.8 Å². The van der Waals surface area contributed by atoms with E-state index in [0.29, 0.717) is 19.7 Å². The first-order chi connectivity index (χ1) is 14.7. The van der Waals surface area contributed by atoms with Crippen LogP contribution in [0, 0.1) is 5.92 Å². The smallest absolute Gasteiger partial charge is 0.227 e. The number of para-hydroxylation sites is 1. The standard InChI is InChI=1S/C24H32N4O2.HI/c1-3-25-24(27-17-20-10-5-6-14-22(20)30-4-2)26-16-18-9-7-13-21(15-18)28-23(29)19-11-8-12-19;/h5-7,9-10,13-15,19H,3-4,8,11-12,16-17H2,1-2H3,(H,28,29)(H2,25,26,27);1H. The summed E-state index contributed by atoms with van der Waals surface area (Å²) in [4.78, 5) is 16.9. The summed E-state index contributed by atoms with van der Waals surface area (Å²) in [5, 5.41) is 9.68. The van der Waals surface area contributed by atoms with E-state index in [2.05, 4.69) is 22.0 Å². The molecule has 2 aromatic rings. The number of carbonyl (C=O) groups is 1. The molecular weight excluding hydrogens is 503 g/mol. The zero-order valence-electron chi connectivity index (χ0n) is 18.3. The van der Waals surface area contributed by atoms with Crippen molar-refractivity contribution in [3.05, 3.63) is 59.7 Å². The summed E-state index contributed by atoms with van der Waals surface area (Å²) in [5.41, 5.74) is 2.97. The van der Waals surface area contributed by atoms with Crippen LogP contribution in [0.25, 0.3) is 0 Å². The molecule has 1 saturated carbocycles. The number of rotatable bonds is 9. The largest absolute Gasteiger partial charge is 0.494 e. The minimum atomic E-state index is 0. The minimum absolute atomic E-state index is 0. The third-order valence-electron chi connectivity index (χ3n) is 5.15. The van der Waals surface area contributed by atoms with Crippen molar-refractivity contribution in [3.8, 4) is 5.75 Å². The number of nitrogens with zero attached hydrogens (tertiary/aromatic N) is 1. The first-order valence-corrected chi connectivity index (χ1v) is 10.8. The van der Waals surface area contributed by atoms with E-state index >= 15 is 0 Å². The van der Waals surface area contributed by atoms with E-state index in [9.17, 15) is 4.79 Å². The topological polar surface area (TPSA) is 74.8 Å². The van der Waals surface area contributed by atoms with E-state index in [0.717, 1.165) is 54.3 Å². The van der Waals surface area contributed by atoms with Crippen LogP contribution in [0.5, 0.6) is 5.75 Å². The van der Waals surface area contributed by atoms with Gasteiger partial charge in [-0.25, -0.2) is 4.99 Å². The summed E-state index contributed by atoms with van der Waals surface area (Å²) < 4.78 is 5.70. The Morgan fingerprint density at radius 1 is 1.10 bits per heavy atom. The second-order valence-electron chi connectivity index (χ2n) is 7.41. The lowest BCUT2D eigenvalue weighted by molar-refractivity contribution is -0.122. The molecule has 0 unspecified atom stereocenters. The molecule has 2 aromatic carbocycles. The van der Waals surface area contributed by atoms with Gasteiger partial charge in [0.25, 0.3) is 0 Å². The summed E-state index contributed by atoms with van der Waals surface area (Å²) in [6.45, 7) is 6.59. The lowest BCUT2D eigenvalue weighted by atomic mass is 9.85. The van der Waals surface area contributed by atoms with Gasteiger partial charge in [-0.2, -0.15) is 0 Å². The highest BCUT2D eigenvalue weighted by Crippen LogP contribution is 2.27. The Kier molecular flexibility index (Phi) is 10.6. The van der Waals surface area contributed by atoms with Gasteiger partial charge in [0.2, 0.25) is 5.91 Å². The number of hydrogen-bond acceptors (Lipinski definition) is 3. The Hall–Kier alpha value is -2.29. The summed E-state index contributed by atoms with van der Waals surface area (Å²) in [6.07, 6.45) is 3.15. The molecule has 1 aliphatic rings. The van der Waals surface area contributed by atoms with Crippen molar-refractivity contribution < 1.29 is 9.53 Å². The van der Waals surface area contributed by atoms with Crippen LogP contribution in [0.4, 0.5) is 5.69 Å². The molecule has 7 heteroatoms. The number of halogens is 1. The highest BCUT2D eigenvalue weighted by atomic mass is 127. The van der Waals surface area contributed by atoms with Crippen LogP contribution >= 0.6 is 24.0 Å². The fourth-order valence-corrected chi connectivity index (χ4v) is 3.30. The Morgan fingerprint density at radius 3 is 2.61 bits per heavy atom. The Bertz CT molecular complexity index is 868. The number of anilines is 1. The second kappa shape index (κ2) is 13.2. The summed E-state index contributed by atoms with van der Waals surface area (Å²) in [6, 6.07) is 15.9. The third kappa shape index (κ3) is 7.72. The molecule has 1 amide bonds. The van der Waals surface area contributed by atoms with Crippen LogP contribution in [0.15, 0.2) is 53.5 Å². The predicted molar refractivity (Wildman–Crippen MR) is 137 cm³/mol. The van der Waals surface area contributed by atoms with Gasteiger partial charge in [-0.15, -0.1) is 24.0 Å². The molecule has 0 spiro atoms. The minimum Gasteiger partial charge on any atom is -0.494 e. The van der Waals surface area contributed by atoms with E-state index in [1.807, 2.05) is 56.3 Å². The lowest BCUT2D eigenvalue weighted by Gasteiger charge is -2.24. The zero-order chi connectivity index (χ0) is 21.2. The number of ether oxygens (including phenoxy) is 1. The maximum Gasteiger partial charge on any atom is 0.227 e. The number of benzene rings is 2. The fourth-order valence-electron chi connectivity index (χ4n) is 3.30. The Morgan fingerprint density at radius 2 is 1.90 bits per heavy atom. The van der Waals surface area contributed by atoms with Crippen molar-refractivity contribution >= 4 is 41.5 Å². The monoisotopic (exact) mass is 536 g/mol. The quantitative estimate of drug-likeness (QED) is 0.247. The van der Waals surface area contributed by atoms with Gasteiger partial charge < -0.3 is 20.7 Å². The normalized spacial score (nSPS) is 13.5. The molecule has 1 aliphatic carbocycles. The maximum atomic E-state index is 12.2. The average molecular weight is 536 g/mol. The molecule has 0 saturated heterocycles. The van der Waals surface area contributed by atoms with Crippen molar-refractivity contribution in [3.63, 3.8) is 0 Å². The Labute approximate surface area is 202 Å². The van der Waals surface area contributed by atoms with Crippen LogP contribution < -0.4 is 20.7 Å². The summed E-state index contributed by atoms with van der Waals surface area (Å²) in [5.74, 6) is 1.94. The molecule has 168 valence electrons. The second-order valence-corrected chi connectivity index (χ2v) is 7.41. The van der Waals surface area contributed by atoms with Crippen LogP contribution in [0.2, 0.25) is 0 Å². The number of carbonyl (C=O) groups excluding carboxylic acids is 1. The number of nitrogens with one attached hydrogen (secondary N) is 3. The molecular formula is C24H33IN4O2. The fraction of sp³-hybridized carbons (Fsp3) is 0.417. The number of amides is 1. The van der Waals surface area contributed by atoms with Crippen molar-refractivity contribution in [1.82, 2.24) is 10.6 Å². The molecule has 0 atom stereocenters. The van der Waals surface area contributed by atoms with Crippen LogP contribution in [-0.2, 0) is 17.9 Å². The molecule has 0 heterocycles. The van der Waals surface area contributed by atoms with Crippen LogP contribution in [0.1, 0.15) is 44.2 Å². The van der Waals surface area contributed by atoms with E-state index in [1.54, 1.807) is 0 Å². The lowest BCUT2D eigenvalue weighted by Crippen LogP contribution is -2.36. The van der Waals surface area contributed by atoms with Gasteiger partial charge >= 0.3 is 0 Å². The van der Waals surface area contributed by atoms with E-state index < -0.39 is 0 Å². The zero-order valence-corrected chi connectivity index (χ0v) is 20.6. The maximum absolute atomic E-state index is 12.2. The van der Waals surface area contributed by atoms with Gasteiger partial charge in [0.05, 0.1) is 13.2 Å². The first kappa shape index (κ1) is 25.0. The number of aliphatic imine (C=N–C) groups is 1. The summed E-state index contributed by atoms with van der Waals surface area (Å²) in [7, 11) is 0. The van der Waals surface area contributed by atoms with Crippen molar-refractivity contribution in [2.75, 3.05) is 18.5 Å². The van der Waals surface area contributed by atoms with Crippen LogP contribution in [-0.4, -0.2) is 25.0 Å². The van der Waals surface area contributed by atoms with Gasteiger partial charge in [0, 0.05) is 30.3 Å². The predicted octanol–water partition coefficient (Wildman–Crippen LogP) is 4.70. The molecule has 6 nitrogen and oxygen atoms in total. The van der Waals surface area contributed by atoms with Gasteiger partial charge in [-0.3, -0.25) is 4.79 Å². The Balaban J connectivity index is 0.00000341. The van der Waals surface area contributed by atoms with E-state index in [1.165, 1.54) is 0 Å². The van der Waals surface area contributed by atoms with Crippen LogP contribution in [0.3, 0.4) is 0 Å². The first-order valence-electron chi connectivity index (χ1n) is 10.8. The molecule has 3 rings (SSSR count).